The van der Waals surface area contributed by atoms with Crippen LogP contribution in [0.1, 0.15) is 19.8 Å². The van der Waals surface area contributed by atoms with E-state index in [-0.39, 0.29) is 0 Å². The molecular weight excluding hydrogens is 324 g/mol. The maximum atomic E-state index is 5.48. The number of nitrogens with zero attached hydrogens (tertiary/aromatic N) is 4. The van der Waals surface area contributed by atoms with E-state index in [0.29, 0.717) is 0 Å². The van der Waals surface area contributed by atoms with Crippen LogP contribution in [0, 0.1) is 0 Å². The minimum absolute atomic E-state index is 0.810. The quantitative estimate of drug-likeness (QED) is 0.508. The molecule has 0 aliphatic carbocycles. The summed E-state index contributed by atoms with van der Waals surface area (Å²) in [5.41, 5.74) is 4.17. The number of aromatic nitrogens is 4. The predicted octanol–water partition coefficient (Wildman–Crippen LogP) is 4.70. The number of aryl methyl sites for hydroxylation is 1. The third kappa shape index (κ3) is 2.86. The molecule has 0 N–H and O–H groups in total. The van der Waals surface area contributed by atoms with Crippen LogP contribution in [0.25, 0.3) is 28.1 Å². The van der Waals surface area contributed by atoms with Crippen molar-refractivity contribution in [2.45, 2.75) is 26.3 Å². The second-order valence-corrected chi connectivity index (χ2v) is 6.26. The molecule has 26 heavy (non-hydrogen) atoms. The number of unbranched alkanes of at least 4 members (excludes halogenated alkanes) is 1. The van der Waals surface area contributed by atoms with Gasteiger partial charge in [-0.25, -0.2) is 9.67 Å². The molecule has 0 amide bonds. The van der Waals surface area contributed by atoms with E-state index in [4.69, 9.17) is 9.72 Å². The SMILES string of the molecule is CCCCn1c(-c2cc(OC)ccc2-n2cccn2)nc2ccccc21. The summed E-state index contributed by atoms with van der Waals surface area (Å²) in [4.78, 5) is 4.95. The molecule has 0 aliphatic heterocycles. The number of imidazole rings is 1. The molecule has 2 aromatic heterocycles. The minimum atomic E-state index is 0.810. The maximum absolute atomic E-state index is 5.48. The van der Waals surface area contributed by atoms with Crippen LogP contribution in [0.3, 0.4) is 0 Å². The third-order valence-corrected chi connectivity index (χ3v) is 4.59. The van der Waals surface area contributed by atoms with Crippen LogP contribution in [0.5, 0.6) is 5.75 Å². The van der Waals surface area contributed by atoms with Crippen LogP contribution in [-0.4, -0.2) is 26.4 Å². The zero-order valence-corrected chi connectivity index (χ0v) is 15.1. The molecule has 0 spiro atoms. The van der Waals surface area contributed by atoms with Crippen molar-refractivity contribution in [1.29, 1.82) is 0 Å². The minimum Gasteiger partial charge on any atom is -0.497 e. The highest BCUT2D eigenvalue weighted by Gasteiger charge is 2.17. The number of para-hydroxylation sites is 2. The Bertz CT molecular complexity index is 1020. The van der Waals surface area contributed by atoms with Gasteiger partial charge < -0.3 is 9.30 Å². The highest BCUT2D eigenvalue weighted by atomic mass is 16.5. The highest BCUT2D eigenvalue weighted by Crippen LogP contribution is 2.32. The molecular formula is C21H22N4O. The molecule has 5 nitrogen and oxygen atoms in total. The van der Waals surface area contributed by atoms with Gasteiger partial charge in [-0.15, -0.1) is 0 Å². The summed E-state index contributed by atoms with van der Waals surface area (Å²) >= 11 is 0. The van der Waals surface area contributed by atoms with Crippen LogP contribution in [0.4, 0.5) is 0 Å². The fraction of sp³-hybridized carbons (Fsp3) is 0.238. The van der Waals surface area contributed by atoms with Gasteiger partial charge in [0.05, 0.1) is 23.8 Å². The van der Waals surface area contributed by atoms with Crippen LogP contribution in [-0.2, 0) is 6.54 Å². The molecule has 0 atom stereocenters. The van der Waals surface area contributed by atoms with Gasteiger partial charge >= 0.3 is 0 Å². The zero-order chi connectivity index (χ0) is 17.9. The van der Waals surface area contributed by atoms with Gasteiger partial charge in [-0.2, -0.15) is 5.10 Å². The van der Waals surface area contributed by atoms with Crippen LogP contribution >= 0.6 is 0 Å². The standard InChI is InChI=1S/C21H22N4O/c1-3-4-13-24-20-9-6-5-8-18(20)23-21(24)17-15-16(26-2)10-11-19(17)25-14-7-12-22-25/h5-12,14-15H,3-4,13H2,1-2H3. The number of ether oxygens (including phenoxy) is 1. The van der Waals surface area contributed by atoms with Crippen molar-refractivity contribution in [3.8, 4) is 22.8 Å². The second kappa shape index (κ2) is 7.04. The molecule has 2 aromatic carbocycles. The van der Waals surface area contributed by atoms with Gasteiger partial charge in [0.15, 0.2) is 0 Å². The van der Waals surface area contributed by atoms with Crippen molar-refractivity contribution >= 4 is 11.0 Å². The summed E-state index contributed by atoms with van der Waals surface area (Å²) in [7, 11) is 1.69. The van der Waals surface area contributed by atoms with Crippen molar-refractivity contribution in [2.24, 2.45) is 0 Å². The van der Waals surface area contributed by atoms with E-state index in [1.807, 2.05) is 41.2 Å². The van der Waals surface area contributed by atoms with Gasteiger partial charge in [-0.3, -0.25) is 0 Å². The molecule has 132 valence electrons. The Morgan fingerprint density at radius 3 is 2.73 bits per heavy atom. The second-order valence-electron chi connectivity index (χ2n) is 6.26. The summed E-state index contributed by atoms with van der Waals surface area (Å²) in [5.74, 6) is 1.76. The summed E-state index contributed by atoms with van der Waals surface area (Å²) in [6.45, 7) is 3.14. The Morgan fingerprint density at radius 1 is 1.08 bits per heavy atom. The van der Waals surface area contributed by atoms with Crippen molar-refractivity contribution < 1.29 is 4.74 Å². The number of benzene rings is 2. The maximum Gasteiger partial charge on any atom is 0.143 e. The summed E-state index contributed by atoms with van der Waals surface area (Å²) in [5, 5.41) is 4.41. The van der Waals surface area contributed by atoms with E-state index >= 15 is 0 Å². The average Bonchev–Trinajstić information content (AvgIpc) is 3.34. The normalized spacial score (nSPS) is 11.2. The fourth-order valence-corrected chi connectivity index (χ4v) is 3.26. The smallest absolute Gasteiger partial charge is 0.143 e. The van der Waals surface area contributed by atoms with Gasteiger partial charge in [0.2, 0.25) is 0 Å². The highest BCUT2D eigenvalue weighted by molar-refractivity contribution is 5.83. The molecule has 0 bridgehead atoms. The number of hydrogen-bond donors (Lipinski definition) is 0. The number of fused-ring (bicyclic) bond motifs is 1. The number of hydrogen-bond acceptors (Lipinski definition) is 3. The van der Waals surface area contributed by atoms with Gasteiger partial charge in [0.25, 0.3) is 0 Å². The number of methoxy groups -OCH3 is 1. The Morgan fingerprint density at radius 2 is 1.96 bits per heavy atom. The molecule has 0 aliphatic rings. The Kier molecular flexibility index (Phi) is 4.44. The van der Waals surface area contributed by atoms with E-state index in [9.17, 15) is 0 Å². The lowest BCUT2D eigenvalue weighted by Crippen LogP contribution is -2.04. The van der Waals surface area contributed by atoms with Gasteiger partial charge in [0.1, 0.15) is 11.6 Å². The molecule has 0 saturated heterocycles. The molecule has 5 heteroatoms. The van der Waals surface area contributed by atoms with Crippen molar-refractivity contribution in [1.82, 2.24) is 19.3 Å². The summed E-state index contributed by atoms with van der Waals surface area (Å²) < 4.78 is 9.66. The molecule has 4 rings (SSSR count). The van der Waals surface area contributed by atoms with Gasteiger partial charge in [0, 0.05) is 24.5 Å². The van der Waals surface area contributed by atoms with Crippen molar-refractivity contribution in [3.63, 3.8) is 0 Å². The predicted molar refractivity (Wildman–Crippen MR) is 104 cm³/mol. The number of rotatable bonds is 6. The molecule has 0 unspecified atom stereocenters. The first-order chi connectivity index (χ1) is 12.8. The van der Waals surface area contributed by atoms with Crippen LogP contribution in [0.15, 0.2) is 60.9 Å². The van der Waals surface area contributed by atoms with Crippen molar-refractivity contribution in [2.75, 3.05) is 7.11 Å². The molecule has 2 heterocycles. The molecule has 0 radical (unpaired) electrons. The largest absolute Gasteiger partial charge is 0.497 e. The van der Waals surface area contributed by atoms with E-state index in [1.165, 1.54) is 0 Å². The monoisotopic (exact) mass is 346 g/mol. The first-order valence-electron chi connectivity index (χ1n) is 8.95. The third-order valence-electron chi connectivity index (χ3n) is 4.59. The zero-order valence-electron chi connectivity index (χ0n) is 15.1. The van der Waals surface area contributed by atoms with E-state index in [0.717, 1.165) is 53.2 Å². The van der Waals surface area contributed by atoms with Gasteiger partial charge in [-0.1, -0.05) is 25.5 Å². The lowest BCUT2D eigenvalue weighted by molar-refractivity contribution is 0.415. The lowest BCUT2D eigenvalue weighted by atomic mass is 10.1. The van der Waals surface area contributed by atoms with Crippen LogP contribution < -0.4 is 4.74 Å². The first-order valence-corrected chi connectivity index (χ1v) is 8.95. The Labute approximate surface area is 152 Å². The summed E-state index contributed by atoms with van der Waals surface area (Å²) in [6.07, 6.45) is 5.98. The first kappa shape index (κ1) is 16.4. The Hall–Kier alpha value is -3.08. The average molecular weight is 346 g/mol. The molecule has 4 aromatic rings. The lowest BCUT2D eigenvalue weighted by Gasteiger charge is -2.14. The fourth-order valence-electron chi connectivity index (χ4n) is 3.26. The molecule has 0 saturated carbocycles. The summed E-state index contributed by atoms with van der Waals surface area (Å²) in [6, 6.07) is 16.3. The topological polar surface area (TPSA) is 44.9 Å². The van der Waals surface area contributed by atoms with Gasteiger partial charge in [-0.05, 0) is 42.8 Å². The van der Waals surface area contributed by atoms with E-state index in [2.05, 4.69) is 34.8 Å². The Balaban J connectivity index is 1.97. The van der Waals surface area contributed by atoms with Crippen LogP contribution in [0.2, 0.25) is 0 Å². The van der Waals surface area contributed by atoms with E-state index in [1.54, 1.807) is 13.3 Å². The molecule has 0 fully saturated rings. The van der Waals surface area contributed by atoms with Crippen molar-refractivity contribution in [3.05, 3.63) is 60.9 Å². The van der Waals surface area contributed by atoms with E-state index < -0.39 is 0 Å².